The second-order valence-electron chi connectivity index (χ2n) is 6.00. The zero-order valence-electron chi connectivity index (χ0n) is 14.1. The van der Waals surface area contributed by atoms with Crippen molar-refractivity contribution < 1.29 is 23.4 Å². The van der Waals surface area contributed by atoms with Gasteiger partial charge in [-0.2, -0.15) is 0 Å². The van der Waals surface area contributed by atoms with Gasteiger partial charge >= 0.3 is 0 Å². The molecule has 1 aliphatic heterocycles. The Bertz CT molecular complexity index is 551. The zero-order valence-corrected chi connectivity index (χ0v) is 14.1. The summed E-state index contributed by atoms with van der Waals surface area (Å²) in [4.78, 5) is 2.27. The predicted molar refractivity (Wildman–Crippen MR) is 88.6 cm³/mol. The van der Waals surface area contributed by atoms with Crippen molar-refractivity contribution in [1.29, 1.82) is 0 Å². The molecule has 0 aromatic heterocycles. The number of allylic oxidation sites excluding steroid dienone is 1. The molecule has 2 unspecified atom stereocenters. The molecule has 0 radical (unpaired) electrons. The van der Waals surface area contributed by atoms with E-state index in [2.05, 4.69) is 11.9 Å². The number of hydrogen-bond donors (Lipinski definition) is 1. The van der Waals surface area contributed by atoms with Gasteiger partial charge < -0.3 is 19.5 Å². The Morgan fingerprint density at radius 1 is 1.21 bits per heavy atom. The Hall–Kier alpha value is -1.82. The van der Waals surface area contributed by atoms with E-state index in [1.807, 2.05) is 6.08 Å². The van der Waals surface area contributed by atoms with Crippen molar-refractivity contribution in [2.24, 2.45) is 5.92 Å². The predicted octanol–water partition coefficient (Wildman–Crippen LogP) is 3.32. The van der Waals surface area contributed by atoms with E-state index >= 15 is 0 Å². The fourth-order valence-corrected chi connectivity index (χ4v) is 3.04. The standard InChI is InChI=1S/C9H10F2O2.C9H15NO/c1-12-7-4-2-3-5-8(7)13-6-9(10)11;1-10-5-4-7-2-3-8(11)6-9(7)10/h2-5,9H,6H2,1H3;6-8,11H,2-5H2,1H3. The van der Waals surface area contributed by atoms with Crippen molar-refractivity contribution in [2.45, 2.75) is 31.8 Å². The number of hydrogen-bond acceptors (Lipinski definition) is 4. The summed E-state index contributed by atoms with van der Waals surface area (Å²) >= 11 is 0. The number of nitrogens with zero attached hydrogens (tertiary/aromatic N) is 1. The maximum Gasteiger partial charge on any atom is 0.272 e. The lowest BCUT2D eigenvalue weighted by Crippen LogP contribution is -2.20. The lowest BCUT2D eigenvalue weighted by atomic mass is 9.91. The number of halogens is 2. The monoisotopic (exact) mass is 341 g/mol. The number of benzene rings is 1. The highest BCUT2D eigenvalue weighted by molar-refractivity contribution is 5.39. The van der Waals surface area contributed by atoms with E-state index in [1.54, 1.807) is 24.3 Å². The first-order chi connectivity index (χ1) is 11.5. The number of aliphatic hydroxyl groups excluding tert-OH is 1. The summed E-state index contributed by atoms with van der Waals surface area (Å²) in [5.41, 5.74) is 1.38. The molecule has 3 rings (SSSR count). The number of aliphatic hydroxyl groups is 1. The van der Waals surface area contributed by atoms with Crippen LogP contribution in [0.5, 0.6) is 11.5 Å². The third-order valence-electron chi connectivity index (χ3n) is 4.28. The highest BCUT2D eigenvalue weighted by atomic mass is 19.3. The van der Waals surface area contributed by atoms with Crippen molar-refractivity contribution in [3.63, 3.8) is 0 Å². The van der Waals surface area contributed by atoms with Gasteiger partial charge in [0.25, 0.3) is 6.43 Å². The summed E-state index contributed by atoms with van der Waals surface area (Å²) in [5, 5.41) is 9.37. The fraction of sp³-hybridized carbons (Fsp3) is 0.556. The van der Waals surface area contributed by atoms with Crippen molar-refractivity contribution in [3.05, 3.63) is 36.0 Å². The van der Waals surface area contributed by atoms with Crippen LogP contribution in [0.25, 0.3) is 0 Å². The Kier molecular flexibility index (Phi) is 6.85. The van der Waals surface area contributed by atoms with Crippen LogP contribution in [-0.4, -0.2) is 49.8 Å². The first-order valence-corrected chi connectivity index (χ1v) is 8.16. The van der Waals surface area contributed by atoms with Gasteiger partial charge in [0, 0.05) is 25.2 Å². The summed E-state index contributed by atoms with van der Waals surface area (Å²) in [6, 6.07) is 6.68. The summed E-state index contributed by atoms with van der Waals surface area (Å²) in [5.74, 6) is 1.55. The maximum atomic E-state index is 11.8. The number of likely N-dealkylation sites (tertiary alicyclic amines) is 1. The molecule has 1 aromatic carbocycles. The number of ether oxygens (including phenoxy) is 2. The minimum Gasteiger partial charge on any atom is -0.493 e. The minimum atomic E-state index is -2.47. The molecule has 6 heteroatoms. The molecule has 1 heterocycles. The summed E-state index contributed by atoms with van der Waals surface area (Å²) in [6.07, 6.45) is 2.81. The number of fused-ring (bicyclic) bond motifs is 1. The van der Waals surface area contributed by atoms with Crippen LogP contribution >= 0.6 is 0 Å². The van der Waals surface area contributed by atoms with Crippen LogP contribution < -0.4 is 9.47 Å². The molecule has 2 atom stereocenters. The highest BCUT2D eigenvalue weighted by Crippen LogP contribution is 2.34. The van der Waals surface area contributed by atoms with E-state index in [9.17, 15) is 13.9 Å². The van der Waals surface area contributed by atoms with E-state index in [1.165, 1.54) is 32.2 Å². The van der Waals surface area contributed by atoms with Crippen molar-refractivity contribution in [3.8, 4) is 11.5 Å². The van der Waals surface area contributed by atoms with Gasteiger partial charge in [-0.25, -0.2) is 8.78 Å². The smallest absolute Gasteiger partial charge is 0.272 e. The van der Waals surface area contributed by atoms with Gasteiger partial charge in [-0.05, 0) is 37.5 Å². The van der Waals surface area contributed by atoms with Crippen LogP contribution in [0.1, 0.15) is 19.3 Å². The van der Waals surface area contributed by atoms with E-state index in [-0.39, 0.29) is 6.10 Å². The third-order valence-corrected chi connectivity index (χ3v) is 4.28. The molecular weight excluding hydrogens is 316 g/mol. The molecule has 1 saturated heterocycles. The Balaban J connectivity index is 0.000000175. The molecule has 0 spiro atoms. The molecular formula is C18H25F2NO3. The van der Waals surface area contributed by atoms with Crippen molar-refractivity contribution in [2.75, 3.05) is 27.3 Å². The van der Waals surface area contributed by atoms with Gasteiger partial charge in [0.1, 0.15) is 6.61 Å². The topological polar surface area (TPSA) is 41.9 Å². The van der Waals surface area contributed by atoms with Gasteiger partial charge in [0.2, 0.25) is 0 Å². The Labute approximate surface area is 141 Å². The van der Waals surface area contributed by atoms with Gasteiger partial charge in [-0.15, -0.1) is 0 Å². The molecule has 1 aliphatic carbocycles. The van der Waals surface area contributed by atoms with Crippen LogP contribution in [0.3, 0.4) is 0 Å². The molecule has 1 N–H and O–H groups in total. The quantitative estimate of drug-likeness (QED) is 0.912. The fourth-order valence-electron chi connectivity index (χ4n) is 3.04. The van der Waals surface area contributed by atoms with Crippen molar-refractivity contribution >= 4 is 0 Å². The van der Waals surface area contributed by atoms with E-state index < -0.39 is 13.0 Å². The highest BCUT2D eigenvalue weighted by Gasteiger charge is 2.29. The van der Waals surface area contributed by atoms with Crippen molar-refractivity contribution in [1.82, 2.24) is 4.90 Å². The number of alkyl halides is 2. The van der Waals surface area contributed by atoms with Gasteiger partial charge in [0.05, 0.1) is 13.2 Å². The molecule has 0 amide bonds. The van der Waals surface area contributed by atoms with E-state index in [0.29, 0.717) is 11.5 Å². The number of para-hydroxylation sites is 2. The Morgan fingerprint density at radius 3 is 2.58 bits per heavy atom. The lowest BCUT2D eigenvalue weighted by molar-refractivity contribution is 0.0804. The lowest BCUT2D eigenvalue weighted by Gasteiger charge is -2.24. The van der Waals surface area contributed by atoms with Crippen LogP contribution in [-0.2, 0) is 0 Å². The average molecular weight is 341 g/mol. The summed E-state index contributed by atoms with van der Waals surface area (Å²) in [7, 11) is 3.58. The molecule has 1 fully saturated rings. The zero-order chi connectivity index (χ0) is 17.5. The van der Waals surface area contributed by atoms with Crippen LogP contribution in [0, 0.1) is 5.92 Å². The van der Waals surface area contributed by atoms with E-state index in [4.69, 9.17) is 9.47 Å². The minimum absolute atomic E-state index is 0.179. The molecule has 4 nitrogen and oxygen atoms in total. The molecule has 0 bridgehead atoms. The van der Waals surface area contributed by atoms with Crippen LogP contribution in [0.15, 0.2) is 36.0 Å². The summed E-state index contributed by atoms with van der Waals surface area (Å²) in [6.45, 7) is 0.559. The normalized spacial score (nSPS) is 22.4. The first kappa shape index (κ1) is 18.5. The number of rotatable bonds is 4. The van der Waals surface area contributed by atoms with Gasteiger partial charge in [-0.1, -0.05) is 12.1 Å². The van der Waals surface area contributed by atoms with E-state index in [0.717, 1.165) is 12.3 Å². The van der Waals surface area contributed by atoms with Gasteiger partial charge in [-0.3, -0.25) is 0 Å². The second kappa shape index (κ2) is 8.87. The largest absolute Gasteiger partial charge is 0.493 e. The molecule has 0 saturated carbocycles. The molecule has 134 valence electrons. The number of methoxy groups -OCH3 is 1. The molecule has 2 aliphatic rings. The summed E-state index contributed by atoms with van der Waals surface area (Å²) < 4.78 is 33.3. The molecule has 24 heavy (non-hydrogen) atoms. The van der Waals surface area contributed by atoms with Crippen LogP contribution in [0.4, 0.5) is 8.78 Å². The third kappa shape index (κ3) is 5.09. The second-order valence-corrected chi connectivity index (χ2v) is 6.00. The maximum absolute atomic E-state index is 11.8. The van der Waals surface area contributed by atoms with Crippen LogP contribution in [0.2, 0.25) is 0 Å². The average Bonchev–Trinajstić information content (AvgIpc) is 2.94. The SMILES string of the molecule is CN1CCC2CCC(O)C=C21.COc1ccccc1OCC(F)F. The Morgan fingerprint density at radius 2 is 1.92 bits per heavy atom. The molecule has 1 aromatic rings. The van der Waals surface area contributed by atoms with Gasteiger partial charge in [0.15, 0.2) is 11.5 Å². The first-order valence-electron chi connectivity index (χ1n) is 8.16.